The van der Waals surface area contributed by atoms with Crippen molar-refractivity contribution in [1.29, 1.82) is 0 Å². The highest BCUT2D eigenvalue weighted by Crippen LogP contribution is 2.26. The number of β-amino-alcohol motifs (C(OH)–C–C–N with tert-alkyl or cyclic N) is 1. The van der Waals surface area contributed by atoms with E-state index in [-0.39, 0.29) is 11.9 Å². The molecule has 1 aromatic carbocycles. The summed E-state index contributed by atoms with van der Waals surface area (Å²) < 4.78 is 5.63. The molecule has 2 atom stereocenters. The van der Waals surface area contributed by atoms with E-state index in [0.717, 1.165) is 42.4 Å². The third kappa shape index (κ3) is 4.59. The number of hydrogen-bond acceptors (Lipinski definition) is 7. The van der Waals surface area contributed by atoms with Crippen molar-refractivity contribution in [3.05, 3.63) is 41.7 Å². The molecule has 0 radical (unpaired) electrons. The summed E-state index contributed by atoms with van der Waals surface area (Å²) in [7, 11) is 1.80. The van der Waals surface area contributed by atoms with Gasteiger partial charge in [-0.2, -0.15) is 0 Å². The number of ether oxygens (including phenoxy) is 1. The number of amides is 1. The number of fused-ring (bicyclic) bond motifs is 1. The van der Waals surface area contributed by atoms with Gasteiger partial charge in [0.25, 0.3) is 0 Å². The molecular formula is C21H27N5O3. The fourth-order valence-corrected chi connectivity index (χ4v) is 4.01. The third-order valence-corrected chi connectivity index (χ3v) is 5.47. The van der Waals surface area contributed by atoms with Crippen LogP contribution in [0, 0.1) is 0 Å². The molecule has 154 valence electrons. The molecule has 0 saturated carbocycles. The minimum Gasteiger partial charge on any atom is -0.493 e. The second kappa shape index (κ2) is 8.65. The summed E-state index contributed by atoms with van der Waals surface area (Å²) in [6.07, 6.45) is 4.00. The zero-order chi connectivity index (χ0) is 20.2. The molecule has 1 saturated heterocycles. The molecule has 8 nitrogen and oxygen atoms in total. The topological polar surface area (TPSA) is 99.6 Å². The SMILES string of the molecule is CNc1cc(N2C[C@H](O)C[C@@H]2CNC(=O)Cc2ccc3c(c2)CCCO3)ncn1. The molecule has 0 bridgehead atoms. The number of carbonyl (C=O) groups is 1. The summed E-state index contributed by atoms with van der Waals surface area (Å²) >= 11 is 0. The van der Waals surface area contributed by atoms with E-state index in [4.69, 9.17) is 4.74 Å². The molecule has 2 aliphatic rings. The molecule has 29 heavy (non-hydrogen) atoms. The van der Waals surface area contributed by atoms with Crippen LogP contribution < -0.4 is 20.3 Å². The van der Waals surface area contributed by atoms with Gasteiger partial charge < -0.3 is 25.4 Å². The number of aryl methyl sites for hydroxylation is 1. The molecular weight excluding hydrogens is 370 g/mol. The average Bonchev–Trinajstić information content (AvgIpc) is 3.13. The number of nitrogens with zero attached hydrogens (tertiary/aromatic N) is 3. The van der Waals surface area contributed by atoms with Gasteiger partial charge in [0.15, 0.2) is 0 Å². The number of aliphatic hydroxyl groups is 1. The van der Waals surface area contributed by atoms with Crippen LogP contribution in [-0.4, -0.2) is 59.9 Å². The molecule has 3 N–H and O–H groups in total. The molecule has 1 amide bonds. The summed E-state index contributed by atoms with van der Waals surface area (Å²) in [5.74, 6) is 2.37. The van der Waals surface area contributed by atoms with Crippen LogP contribution in [0.15, 0.2) is 30.6 Å². The third-order valence-electron chi connectivity index (χ3n) is 5.47. The van der Waals surface area contributed by atoms with Crippen LogP contribution in [0.2, 0.25) is 0 Å². The van der Waals surface area contributed by atoms with Crippen LogP contribution in [0.1, 0.15) is 24.0 Å². The van der Waals surface area contributed by atoms with Gasteiger partial charge >= 0.3 is 0 Å². The minimum atomic E-state index is -0.439. The molecule has 1 aromatic heterocycles. The second-order valence-corrected chi connectivity index (χ2v) is 7.58. The van der Waals surface area contributed by atoms with Gasteiger partial charge in [-0.25, -0.2) is 9.97 Å². The molecule has 1 fully saturated rings. The van der Waals surface area contributed by atoms with E-state index < -0.39 is 6.10 Å². The Morgan fingerprint density at radius 3 is 3.10 bits per heavy atom. The number of aliphatic hydroxyl groups excluding tert-OH is 1. The van der Waals surface area contributed by atoms with Gasteiger partial charge in [0.2, 0.25) is 5.91 Å². The van der Waals surface area contributed by atoms with Crippen LogP contribution in [-0.2, 0) is 17.6 Å². The maximum Gasteiger partial charge on any atom is 0.224 e. The van der Waals surface area contributed by atoms with Gasteiger partial charge in [0.05, 0.1) is 25.2 Å². The number of aromatic nitrogens is 2. The maximum atomic E-state index is 12.5. The van der Waals surface area contributed by atoms with Crippen LogP contribution in [0.4, 0.5) is 11.6 Å². The first-order valence-corrected chi connectivity index (χ1v) is 10.1. The van der Waals surface area contributed by atoms with Gasteiger partial charge in [-0.1, -0.05) is 12.1 Å². The smallest absolute Gasteiger partial charge is 0.224 e. The Balaban J connectivity index is 1.36. The normalized spacial score (nSPS) is 20.7. The van der Waals surface area contributed by atoms with E-state index in [9.17, 15) is 9.90 Å². The zero-order valence-corrected chi connectivity index (χ0v) is 16.6. The Hall–Kier alpha value is -2.87. The van der Waals surface area contributed by atoms with Crippen molar-refractivity contribution in [3.8, 4) is 5.75 Å². The van der Waals surface area contributed by atoms with Gasteiger partial charge in [-0.15, -0.1) is 0 Å². The number of nitrogens with one attached hydrogen (secondary N) is 2. The van der Waals surface area contributed by atoms with E-state index >= 15 is 0 Å². The number of rotatable bonds is 6. The highest BCUT2D eigenvalue weighted by molar-refractivity contribution is 5.78. The van der Waals surface area contributed by atoms with E-state index in [1.54, 1.807) is 7.05 Å². The first kappa shape index (κ1) is 19.4. The van der Waals surface area contributed by atoms with E-state index in [0.29, 0.717) is 25.9 Å². The number of anilines is 2. The summed E-state index contributed by atoms with van der Waals surface area (Å²) in [5, 5.41) is 16.2. The predicted octanol–water partition coefficient (Wildman–Crippen LogP) is 1.14. The Bertz CT molecular complexity index is 875. The van der Waals surface area contributed by atoms with Crippen molar-refractivity contribution in [1.82, 2.24) is 15.3 Å². The van der Waals surface area contributed by atoms with Crippen molar-refractivity contribution in [3.63, 3.8) is 0 Å². The molecule has 2 aromatic rings. The van der Waals surface area contributed by atoms with Crippen LogP contribution in [0.25, 0.3) is 0 Å². The van der Waals surface area contributed by atoms with Crippen molar-refractivity contribution < 1.29 is 14.6 Å². The van der Waals surface area contributed by atoms with Crippen molar-refractivity contribution in [2.45, 2.75) is 37.8 Å². The van der Waals surface area contributed by atoms with Gasteiger partial charge in [-0.3, -0.25) is 4.79 Å². The summed E-state index contributed by atoms with van der Waals surface area (Å²) in [6, 6.07) is 7.82. The summed E-state index contributed by atoms with van der Waals surface area (Å²) in [6.45, 7) is 1.72. The fraction of sp³-hybridized carbons (Fsp3) is 0.476. The van der Waals surface area contributed by atoms with E-state index in [1.165, 1.54) is 11.9 Å². The molecule has 0 spiro atoms. The molecule has 4 rings (SSSR count). The fourth-order valence-electron chi connectivity index (χ4n) is 4.01. The highest BCUT2D eigenvalue weighted by atomic mass is 16.5. The molecule has 3 heterocycles. The second-order valence-electron chi connectivity index (χ2n) is 7.58. The Morgan fingerprint density at radius 1 is 1.34 bits per heavy atom. The van der Waals surface area contributed by atoms with Gasteiger partial charge in [0.1, 0.15) is 23.7 Å². The highest BCUT2D eigenvalue weighted by Gasteiger charge is 2.32. The first-order chi connectivity index (χ1) is 14.1. The van der Waals surface area contributed by atoms with Gasteiger partial charge in [-0.05, 0) is 36.5 Å². The van der Waals surface area contributed by atoms with Crippen LogP contribution >= 0.6 is 0 Å². The summed E-state index contributed by atoms with van der Waals surface area (Å²) in [5.41, 5.74) is 2.17. The molecule has 2 aliphatic heterocycles. The quantitative estimate of drug-likeness (QED) is 0.672. The lowest BCUT2D eigenvalue weighted by Crippen LogP contribution is -2.41. The molecule has 0 aliphatic carbocycles. The number of hydrogen-bond donors (Lipinski definition) is 3. The van der Waals surface area contributed by atoms with Crippen molar-refractivity contribution in [2.24, 2.45) is 0 Å². The van der Waals surface area contributed by atoms with Crippen molar-refractivity contribution >= 4 is 17.5 Å². The Kier molecular flexibility index (Phi) is 5.80. The average molecular weight is 397 g/mol. The monoisotopic (exact) mass is 397 g/mol. The predicted molar refractivity (Wildman–Crippen MR) is 110 cm³/mol. The van der Waals surface area contributed by atoms with Gasteiger partial charge in [0, 0.05) is 26.2 Å². The summed E-state index contributed by atoms with van der Waals surface area (Å²) in [4.78, 5) is 23.0. The lowest BCUT2D eigenvalue weighted by molar-refractivity contribution is -0.120. The first-order valence-electron chi connectivity index (χ1n) is 10.1. The minimum absolute atomic E-state index is 0.00881. The van der Waals surface area contributed by atoms with Crippen molar-refractivity contribution in [2.75, 3.05) is 37.0 Å². The van der Waals surface area contributed by atoms with Crippen LogP contribution in [0.5, 0.6) is 5.75 Å². The number of carbonyl (C=O) groups excluding carboxylic acids is 1. The number of benzene rings is 1. The van der Waals surface area contributed by atoms with E-state index in [2.05, 4.69) is 26.7 Å². The Morgan fingerprint density at radius 2 is 2.24 bits per heavy atom. The standard InChI is InChI=1S/C21H27N5O3/c1-22-19-10-20(25-13-24-19)26-12-17(27)9-16(26)11-23-21(28)8-14-4-5-18-15(7-14)3-2-6-29-18/h4-5,7,10,13,16-17,27H,2-3,6,8-9,11-12H2,1H3,(H,23,28)(H,22,24,25)/t16-,17-/m1/s1. The lowest BCUT2D eigenvalue weighted by Gasteiger charge is -2.25. The maximum absolute atomic E-state index is 12.5. The molecule has 0 unspecified atom stereocenters. The van der Waals surface area contributed by atoms with E-state index in [1.807, 2.05) is 23.1 Å². The zero-order valence-electron chi connectivity index (χ0n) is 16.6. The lowest BCUT2D eigenvalue weighted by atomic mass is 10.0. The Labute approximate surface area is 170 Å². The largest absolute Gasteiger partial charge is 0.493 e. The van der Waals surface area contributed by atoms with Crippen LogP contribution in [0.3, 0.4) is 0 Å². The molecule has 8 heteroatoms.